The van der Waals surface area contributed by atoms with Crippen molar-refractivity contribution < 1.29 is 5.21 Å². The van der Waals surface area contributed by atoms with Gasteiger partial charge in [-0.2, -0.15) is 0 Å². The molecule has 0 fully saturated rings. The Balaban J connectivity index is 2.80. The van der Waals surface area contributed by atoms with Gasteiger partial charge in [0.1, 0.15) is 5.71 Å². The molecule has 0 aliphatic heterocycles. The van der Waals surface area contributed by atoms with Gasteiger partial charge in [0.15, 0.2) is 0 Å². The fourth-order valence-electron chi connectivity index (χ4n) is 0.770. The van der Waals surface area contributed by atoms with Crippen LogP contribution >= 0.6 is 11.3 Å². The second kappa shape index (κ2) is 3.93. The first-order chi connectivity index (χ1) is 5.38. The van der Waals surface area contributed by atoms with Gasteiger partial charge in [-0.15, -0.1) is 17.9 Å². The predicted octanol–water partition coefficient (Wildman–Crippen LogP) is 2.50. The van der Waals surface area contributed by atoms with Crippen molar-refractivity contribution in [1.82, 2.24) is 0 Å². The molecule has 0 spiro atoms. The molecule has 0 aliphatic rings. The summed E-state index contributed by atoms with van der Waals surface area (Å²) in [6, 6.07) is 3.84. The molecule has 1 rings (SSSR count). The summed E-state index contributed by atoms with van der Waals surface area (Å²) in [5.41, 5.74) is 0.676. The van der Waals surface area contributed by atoms with Gasteiger partial charge >= 0.3 is 0 Å². The first kappa shape index (κ1) is 8.01. The van der Waals surface area contributed by atoms with E-state index in [2.05, 4.69) is 11.7 Å². The van der Waals surface area contributed by atoms with Crippen LogP contribution in [0.15, 0.2) is 35.3 Å². The van der Waals surface area contributed by atoms with Crippen molar-refractivity contribution in [2.45, 2.75) is 6.42 Å². The molecule has 0 aromatic carbocycles. The summed E-state index contributed by atoms with van der Waals surface area (Å²) in [6.07, 6.45) is 2.33. The van der Waals surface area contributed by atoms with E-state index in [4.69, 9.17) is 5.21 Å². The number of nitrogens with zero attached hydrogens (tertiary/aromatic N) is 1. The van der Waals surface area contributed by atoms with Gasteiger partial charge in [-0.1, -0.05) is 17.3 Å². The van der Waals surface area contributed by atoms with Crippen LogP contribution in [0.4, 0.5) is 0 Å². The van der Waals surface area contributed by atoms with E-state index in [9.17, 15) is 0 Å². The molecule has 0 radical (unpaired) electrons. The van der Waals surface area contributed by atoms with Crippen LogP contribution in [0.5, 0.6) is 0 Å². The topological polar surface area (TPSA) is 32.6 Å². The highest BCUT2D eigenvalue weighted by Gasteiger charge is 2.01. The molecule has 1 N–H and O–H groups in total. The minimum atomic E-state index is 0.608. The lowest BCUT2D eigenvalue weighted by Crippen LogP contribution is -1.94. The smallest absolute Gasteiger partial charge is 0.100 e. The zero-order chi connectivity index (χ0) is 8.10. The van der Waals surface area contributed by atoms with Crippen LogP contribution in [0.1, 0.15) is 11.3 Å². The van der Waals surface area contributed by atoms with Crippen LogP contribution in [0.2, 0.25) is 0 Å². The number of allylic oxidation sites excluding steroid dienone is 1. The molecule has 58 valence electrons. The summed E-state index contributed by atoms with van der Waals surface area (Å²) in [4.78, 5) is 0.993. The maximum atomic E-state index is 8.58. The Kier molecular flexibility index (Phi) is 2.86. The lowest BCUT2D eigenvalue weighted by atomic mass is 10.2. The van der Waals surface area contributed by atoms with E-state index in [0.29, 0.717) is 12.1 Å². The van der Waals surface area contributed by atoms with Gasteiger partial charge in [0, 0.05) is 6.42 Å². The fourth-order valence-corrected chi connectivity index (χ4v) is 1.49. The maximum Gasteiger partial charge on any atom is 0.100 e. The van der Waals surface area contributed by atoms with E-state index in [1.54, 1.807) is 17.4 Å². The molecule has 0 saturated carbocycles. The minimum Gasteiger partial charge on any atom is -0.411 e. The molecule has 0 unspecified atom stereocenters. The molecule has 1 heterocycles. The molecule has 11 heavy (non-hydrogen) atoms. The van der Waals surface area contributed by atoms with Gasteiger partial charge in [0.25, 0.3) is 0 Å². The summed E-state index contributed by atoms with van der Waals surface area (Å²) < 4.78 is 0. The molecule has 0 atom stereocenters. The SMILES string of the molecule is C=CC/C(=N\O)c1cccs1. The number of oxime groups is 1. The highest BCUT2D eigenvalue weighted by Crippen LogP contribution is 2.11. The zero-order valence-electron chi connectivity index (χ0n) is 6.03. The molecule has 1 aromatic heterocycles. The summed E-state index contributed by atoms with van der Waals surface area (Å²) in [6.45, 7) is 3.57. The van der Waals surface area contributed by atoms with Crippen LogP contribution in [0.25, 0.3) is 0 Å². The first-order valence-corrected chi connectivity index (χ1v) is 4.12. The van der Waals surface area contributed by atoms with Crippen LogP contribution in [0, 0.1) is 0 Å². The molecule has 0 aliphatic carbocycles. The Morgan fingerprint density at radius 2 is 2.64 bits per heavy atom. The highest BCUT2D eigenvalue weighted by atomic mass is 32.1. The van der Waals surface area contributed by atoms with Gasteiger partial charge in [0.05, 0.1) is 4.88 Å². The lowest BCUT2D eigenvalue weighted by molar-refractivity contribution is 0.318. The van der Waals surface area contributed by atoms with Gasteiger partial charge in [-0.25, -0.2) is 0 Å². The summed E-state index contributed by atoms with van der Waals surface area (Å²) in [7, 11) is 0. The van der Waals surface area contributed by atoms with Crippen molar-refractivity contribution in [2.75, 3.05) is 0 Å². The van der Waals surface area contributed by atoms with Crippen molar-refractivity contribution >= 4 is 17.0 Å². The van der Waals surface area contributed by atoms with E-state index < -0.39 is 0 Å². The van der Waals surface area contributed by atoms with Crippen LogP contribution in [-0.2, 0) is 0 Å². The molecule has 1 aromatic rings. The molecular weight excluding hydrogens is 158 g/mol. The van der Waals surface area contributed by atoms with Gasteiger partial charge in [-0.3, -0.25) is 0 Å². The molecule has 0 bridgehead atoms. The molecule has 3 heteroatoms. The largest absolute Gasteiger partial charge is 0.411 e. The zero-order valence-corrected chi connectivity index (χ0v) is 6.84. The van der Waals surface area contributed by atoms with E-state index in [0.717, 1.165) is 4.88 Å². The van der Waals surface area contributed by atoms with Crippen molar-refractivity contribution in [1.29, 1.82) is 0 Å². The number of thiophene rings is 1. The number of hydrogen-bond acceptors (Lipinski definition) is 3. The second-order valence-corrected chi connectivity index (χ2v) is 2.96. The summed E-state index contributed by atoms with van der Waals surface area (Å²) >= 11 is 1.56. The Morgan fingerprint density at radius 3 is 3.09 bits per heavy atom. The van der Waals surface area contributed by atoms with Crippen molar-refractivity contribution in [3.05, 3.63) is 35.0 Å². The number of hydrogen-bond donors (Lipinski definition) is 1. The quantitative estimate of drug-likeness (QED) is 0.319. The monoisotopic (exact) mass is 167 g/mol. The number of rotatable bonds is 3. The molecular formula is C8H9NOS. The van der Waals surface area contributed by atoms with Crippen molar-refractivity contribution in [3.63, 3.8) is 0 Å². The average molecular weight is 167 g/mol. The van der Waals surface area contributed by atoms with E-state index in [1.807, 2.05) is 17.5 Å². The predicted molar refractivity (Wildman–Crippen MR) is 47.5 cm³/mol. The molecule has 0 saturated heterocycles. The van der Waals surface area contributed by atoms with E-state index in [-0.39, 0.29) is 0 Å². The van der Waals surface area contributed by atoms with Crippen LogP contribution < -0.4 is 0 Å². The standard InChI is InChI=1S/C8H9NOS/c1-2-4-7(9-10)8-5-3-6-11-8/h2-3,5-6,10H,1,4H2/b9-7+. The third-order valence-electron chi connectivity index (χ3n) is 1.26. The van der Waals surface area contributed by atoms with Crippen LogP contribution in [0.3, 0.4) is 0 Å². The van der Waals surface area contributed by atoms with Gasteiger partial charge in [-0.05, 0) is 11.4 Å². The van der Waals surface area contributed by atoms with Gasteiger partial charge in [0.2, 0.25) is 0 Å². The highest BCUT2D eigenvalue weighted by molar-refractivity contribution is 7.12. The van der Waals surface area contributed by atoms with Crippen LogP contribution in [-0.4, -0.2) is 10.9 Å². The van der Waals surface area contributed by atoms with E-state index in [1.165, 1.54) is 0 Å². The Hall–Kier alpha value is -1.09. The fraction of sp³-hybridized carbons (Fsp3) is 0.125. The van der Waals surface area contributed by atoms with Gasteiger partial charge < -0.3 is 5.21 Å². The summed E-state index contributed by atoms with van der Waals surface area (Å²) in [5.74, 6) is 0. The normalized spacial score (nSPS) is 11.5. The lowest BCUT2D eigenvalue weighted by Gasteiger charge is -1.94. The molecule has 2 nitrogen and oxygen atoms in total. The third kappa shape index (κ3) is 1.91. The van der Waals surface area contributed by atoms with Crippen molar-refractivity contribution in [2.24, 2.45) is 5.16 Å². The van der Waals surface area contributed by atoms with Crippen molar-refractivity contribution in [3.8, 4) is 0 Å². The Labute approximate surface area is 69.5 Å². The maximum absolute atomic E-state index is 8.58. The Bertz CT molecular complexity index is 251. The third-order valence-corrected chi connectivity index (χ3v) is 2.18. The first-order valence-electron chi connectivity index (χ1n) is 3.24. The molecule has 0 amide bonds. The minimum absolute atomic E-state index is 0.608. The summed E-state index contributed by atoms with van der Waals surface area (Å²) in [5, 5.41) is 13.7. The average Bonchev–Trinajstić information content (AvgIpc) is 2.52. The second-order valence-electron chi connectivity index (χ2n) is 2.02. The Morgan fingerprint density at radius 1 is 1.82 bits per heavy atom. The van der Waals surface area contributed by atoms with E-state index >= 15 is 0 Å².